The summed E-state index contributed by atoms with van der Waals surface area (Å²) in [7, 11) is -5.09. The summed E-state index contributed by atoms with van der Waals surface area (Å²) in [6.07, 6.45) is 1.02. The first-order valence-corrected chi connectivity index (χ1v) is 9.68. The Bertz CT molecular complexity index is 771. The molecule has 1 aromatic rings. The molecule has 1 heterocycles. The molecule has 1 amide bonds. The largest absolute Gasteiger partial charge is 0.278 e. The number of hydrogen-bond acceptors (Lipinski definition) is 7. The van der Waals surface area contributed by atoms with Crippen molar-refractivity contribution < 1.29 is 26.5 Å². The number of nitrogens with zero attached hydrogens (tertiary/aromatic N) is 2. The highest BCUT2D eigenvalue weighted by Crippen LogP contribution is 2.23. The zero-order valence-corrected chi connectivity index (χ0v) is 14.4. The van der Waals surface area contributed by atoms with Crippen molar-refractivity contribution in [1.29, 1.82) is 0 Å². The van der Waals surface area contributed by atoms with Crippen LogP contribution in [-0.2, 0) is 24.5 Å². The van der Waals surface area contributed by atoms with Crippen molar-refractivity contribution in [2.24, 2.45) is 0 Å². The average Bonchev–Trinajstić information content (AvgIpc) is 2.52. The van der Waals surface area contributed by atoms with Gasteiger partial charge in [-0.15, -0.1) is 0 Å². The van der Waals surface area contributed by atoms with E-state index in [1.54, 1.807) is 0 Å². The van der Waals surface area contributed by atoms with E-state index in [1.165, 1.54) is 28.0 Å². The monoisotopic (exact) mass is 350 g/mol. The van der Waals surface area contributed by atoms with Gasteiger partial charge in [0, 0.05) is 13.2 Å². The molecule has 124 valence electrons. The lowest BCUT2D eigenvalue weighted by Crippen LogP contribution is -2.26. The average molecular weight is 350 g/mol. The Morgan fingerprint density at radius 1 is 1.18 bits per heavy atom. The Morgan fingerprint density at radius 2 is 1.73 bits per heavy atom. The van der Waals surface area contributed by atoms with Gasteiger partial charge in [0.2, 0.25) is 0 Å². The Hall–Kier alpha value is -1.52. The van der Waals surface area contributed by atoms with Crippen molar-refractivity contribution in [3.05, 3.63) is 17.8 Å². The maximum Gasteiger partial charge on any atom is 0.278 e. The molecule has 0 fully saturated rings. The van der Waals surface area contributed by atoms with Crippen LogP contribution >= 0.6 is 0 Å². The van der Waals surface area contributed by atoms with Gasteiger partial charge in [0.25, 0.3) is 5.91 Å². The topological polar surface area (TPSA) is 111 Å². The SMILES string of the molecule is CCS(=O)(=O)c1cc(C(=O)N(C)OC)cnc1S(=O)(=O)CC. The minimum atomic E-state index is -3.86. The Morgan fingerprint density at radius 3 is 2.18 bits per heavy atom. The number of aromatic nitrogens is 1. The molecule has 0 aromatic carbocycles. The van der Waals surface area contributed by atoms with Gasteiger partial charge in [0.1, 0.15) is 4.90 Å². The second-order valence-electron chi connectivity index (χ2n) is 4.32. The van der Waals surface area contributed by atoms with Crippen molar-refractivity contribution in [3.63, 3.8) is 0 Å². The first-order chi connectivity index (χ1) is 10.1. The number of sulfone groups is 2. The molecule has 0 aliphatic rings. The van der Waals surface area contributed by atoms with E-state index in [9.17, 15) is 21.6 Å². The van der Waals surface area contributed by atoms with Crippen LogP contribution in [0.1, 0.15) is 24.2 Å². The van der Waals surface area contributed by atoms with E-state index in [1.807, 2.05) is 0 Å². The zero-order chi connectivity index (χ0) is 17.1. The highest BCUT2D eigenvalue weighted by molar-refractivity contribution is 7.94. The molecule has 0 unspecified atom stereocenters. The van der Waals surface area contributed by atoms with Crippen molar-refractivity contribution >= 4 is 25.6 Å². The highest BCUT2D eigenvalue weighted by Gasteiger charge is 2.28. The molecule has 0 aliphatic carbocycles. The molecule has 1 aromatic heterocycles. The quantitative estimate of drug-likeness (QED) is 0.679. The summed E-state index contributed by atoms with van der Waals surface area (Å²) in [6.45, 7) is 2.77. The minimum absolute atomic E-state index is 0.0774. The molecule has 1 rings (SSSR count). The van der Waals surface area contributed by atoms with E-state index in [0.717, 1.165) is 17.3 Å². The number of pyridine rings is 1. The molecule has 0 saturated carbocycles. The molecule has 0 saturated heterocycles. The molecular weight excluding hydrogens is 332 g/mol. The van der Waals surface area contributed by atoms with E-state index >= 15 is 0 Å². The summed E-state index contributed by atoms with van der Waals surface area (Å²) in [4.78, 5) is 20.0. The predicted octanol–water partition coefficient (Wildman–Crippen LogP) is 0.302. The smallest absolute Gasteiger partial charge is 0.274 e. The van der Waals surface area contributed by atoms with Gasteiger partial charge in [-0.05, 0) is 6.07 Å². The van der Waals surface area contributed by atoms with Crippen LogP contribution in [0.4, 0.5) is 0 Å². The van der Waals surface area contributed by atoms with Gasteiger partial charge in [0.05, 0.1) is 24.2 Å². The second kappa shape index (κ2) is 6.71. The third-order valence-corrected chi connectivity index (χ3v) is 6.56. The predicted molar refractivity (Wildman–Crippen MR) is 78.8 cm³/mol. The lowest BCUT2D eigenvalue weighted by atomic mass is 10.3. The standard InChI is InChI=1S/C12H18N2O6S2/c1-5-21(16,17)10-7-9(12(15)14(3)20-4)8-13-11(10)22(18,19)6-2/h7-8H,5-6H2,1-4H3. The number of carbonyl (C=O) groups is 1. The highest BCUT2D eigenvalue weighted by atomic mass is 32.2. The summed E-state index contributed by atoms with van der Waals surface area (Å²) >= 11 is 0. The van der Waals surface area contributed by atoms with Gasteiger partial charge in [-0.1, -0.05) is 13.8 Å². The van der Waals surface area contributed by atoms with Crippen LogP contribution in [0.25, 0.3) is 0 Å². The Balaban J connectivity index is 3.63. The van der Waals surface area contributed by atoms with Gasteiger partial charge in [-0.3, -0.25) is 9.63 Å². The summed E-state index contributed by atoms with van der Waals surface area (Å²) in [5.74, 6) is -1.24. The van der Waals surface area contributed by atoms with Crippen LogP contribution in [0.5, 0.6) is 0 Å². The molecule has 8 nitrogen and oxygen atoms in total. The van der Waals surface area contributed by atoms with Crippen LogP contribution in [0, 0.1) is 0 Å². The fourth-order valence-corrected chi connectivity index (χ4v) is 4.11. The van der Waals surface area contributed by atoms with Crippen LogP contribution in [-0.4, -0.2) is 58.5 Å². The third-order valence-electron chi connectivity index (χ3n) is 3.01. The molecule has 0 bridgehead atoms. The Labute approximate surface area is 129 Å². The summed E-state index contributed by atoms with van der Waals surface area (Å²) < 4.78 is 48.3. The van der Waals surface area contributed by atoms with E-state index < -0.39 is 35.5 Å². The van der Waals surface area contributed by atoms with Crippen LogP contribution in [0.3, 0.4) is 0 Å². The first kappa shape index (κ1) is 18.5. The maximum absolute atomic E-state index is 12.1. The third kappa shape index (κ3) is 3.62. The fourth-order valence-electron chi connectivity index (χ4n) is 1.56. The van der Waals surface area contributed by atoms with Gasteiger partial charge in [-0.2, -0.15) is 0 Å². The maximum atomic E-state index is 12.1. The lowest BCUT2D eigenvalue weighted by Gasteiger charge is -2.15. The number of amides is 1. The molecule has 0 N–H and O–H groups in total. The van der Waals surface area contributed by atoms with Gasteiger partial charge in [-0.25, -0.2) is 26.9 Å². The van der Waals surface area contributed by atoms with Crippen molar-refractivity contribution in [2.45, 2.75) is 23.8 Å². The number of hydroxylamine groups is 2. The molecule has 0 spiro atoms. The normalized spacial score (nSPS) is 12.2. The molecule has 22 heavy (non-hydrogen) atoms. The van der Waals surface area contributed by atoms with E-state index in [4.69, 9.17) is 4.84 Å². The summed E-state index contributed by atoms with van der Waals surface area (Å²) in [6, 6.07) is 1.02. The van der Waals surface area contributed by atoms with Crippen LogP contribution in [0.2, 0.25) is 0 Å². The van der Waals surface area contributed by atoms with Crippen LogP contribution < -0.4 is 0 Å². The lowest BCUT2D eigenvalue weighted by molar-refractivity contribution is -0.0757. The van der Waals surface area contributed by atoms with Gasteiger partial charge >= 0.3 is 0 Å². The van der Waals surface area contributed by atoms with E-state index in [2.05, 4.69) is 4.98 Å². The Kier molecular flexibility index (Phi) is 5.65. The van der Waals surface area contributed by atoms with Gasteiger partial charge < -0.3 is 0 Å². The summed E-state index contributed by atoms with van der Waals surface area (Å²) in [5.41, 5.74) is -0.0774. The zero-order valence-electron chi connectivity index (χ0n) is 12.7. The second-order valence-corrected chi connectivity index (χ2v) is 8.76. The molecule has 0 aliphatic heterocycles. The fraction of sp³-hybridized carbons (Fsp3) is 0.500. The van der Waals surface area contributed by atoms with Crippen molar-refractivity contribution in [2.75, 3.05) is 25.7 Å². The first-order valence-electron chi connectivity index (χ1n) is 6.38. The number of carbonyl (C=O) groups excluding carboxylic acids is 1. The van der Waals surface area contributed by atoms with Gasteiger partial charge in [0.15, 0.2) is 24.7 Å². The molecular formula is C12H18N2O6S2. The minimum Gasteiger partial charge on any atom is -0.274 e. The molecule has 0 atom stereocenters. The number of hydrogen-bond donors (Lipinski definition) is 0. The van der Waals surface area contributed by atoms with Crippen LogP contribution in [0.15, 0.2) is 22.2 Å². The molecule has 0 radical (unpaired) electrons. The number of rotatable bonds is 6. The van der Waals surface area contributed by atoms with E-state index in [-0.39, 0.29) is 17.1 Å². The van der Waals surface area contributed by atoms with Crippen molar-refractivity contribution in [1.82, 2.24) is 10.0 Å². The van der Waals surface area contributed by atoms with Crippen molar-refractivity contribution in [3.8, 4) is 0 Å². The molecule has 10 heteroatoms. The summed E-state index contributed by atoms with van der Waals surface area (Å²) in [5, 5.41) is 0.348. The van der Waals surface area contributed by atoms with E-state index in [0.29, 0.717) is 0 Å².